The number of hydrogen-bond donors (Lipinski definition) is 2. The molecule has 4 rings (SSSR count). The molecule has 3 atom stereocenters. The zero-order chi connectivity index (χ0) is 22.3. The van der Waals surface area contributed by atoms with E-state index in [1.807, 2.05) is 12.1 Å². The summed E-state index contributed by atoms with van der Waals surface area (Å²) < 4.78 is 13.1. The SMILES string of the molecule is COc1ccc(C(NCC2CCCC(CN)C2)c2nnnn2C2CCCCC2)cc1OC. The second kappa shape index (κ2) is 11.1. The van der Waals surface area contributed by atoms with Gasteiger partial charge >= 0.3 is 0 Å². The highest BCUT2D eigenvalue weighted by molar-refractivity contribution is 5.44. The average Bonchev–Trinajstić information content (AvgIpc) is 3.34. The van der Waals surface area contributed by atoms with Crippen LogP contribution >= 0.6 is 0 Å². The number of nitrogens with zero attached hydrogens (tertiary/aromatic N) is 4. The highest BCUT2D eigenvalue weighted by Gasteiger charge is 2.29. The topological polar surface area (TPSA) is 100 Å². The first-order chi connectivity index (χ1) is 15.7. The van der Waals surface area contributed by atoms with Gasteiger partial charge < -0.3 is 20.5 Å². The van der Waals surface area contributed by atoms with Crippen molar-refractivity contribution in [1.82, 2.24) is 25.5 Å². The van der Waals surface area contributed by atoms with Gasteiger partial charge in [-0.25, -0.2) is 4.68 Å². The Morgan fingerprint density at radius 1 is 1.03 bits per heavy atom. The van der Waals surface area contributed by atoms with Gasteiger partial charge in [-0.15, -0.1) is 5.10 Å². The molecule has 2 aliphatic rings. The number of benzene rings is 1. The van der Waals surface area contributed by atoms with Gasteiger partial charge in [-0.3, -0.25) is 0 Å². The fourth-order valence-electron chi connectivity index (χ4n) is 5.45. The lowest BCUT2D eigenvalue weighted by Gasteiger charge is -2.30. The van der Waals surface area contributed by atoms with Gasteiger partial charge in [0.05, 0.1) is 26.3 Å². The Morgan fingerprint density at radius 2 is 1.81 bits per heavy atom. The molecule has 0 aliphatic heterocycles. The van der Waals surface area contributed by atoms with Gasteiger partial charge in [-0.1, -0.05) is 31.7 Å². The second-order valence-corrected chi connectivity index (χ2v) is 9.36. The van der Waals surface area contributed by atoms with E-state index in [1.165, 1.54) is 44.9 Å². The van der Waals surface area contributed by atoms with Crippen LogP contribution in [0.4, 0.5) is 0 Å². The minimum absolute atomic E-state index is 0.106. The molecular weight excluding hydrogens is 404 g/mol. The molecule has 2 saturated carbocycles. The highest BCUT2D eigenvalue weighted by Crippen LogP contribution is 2.35. The molecule has 0 spiro atoms. The maximum Gasteiger partial charge on any atom is 0.173 e. The van der Waals surface area contributed by atoms with E-state index in [4.69, 9.17) is 15.2 Å². The lowest BCUT2D eigenvalue weighted by atomic mass is 9.81. The zero-order valence-electron chi connectivity index (χ0n) is 19.5. The summed E-state index contributed by atoms with van der Waals surface area (Å²) in [5.41, 5.74) is 7.06. The number of ether oxygens (including phenoxy) is 2. The van der Waals surface area contributed by atoms with Crippen LogP contribution in [0.2, 0.25) is 0 Å². The molecule has 2 fully saturated rings. The lowest BCUT2D eigenvalue weighted by Crippen LogP contribution is -2.34. The molecule has 3 N–H and O–H groups in total. The van der Waals surface area contributed by atoms with Crippen molar-refractivity contribution >= 4 is 0 Å². The maximum atomic E-state index is 5.98. The van der Waals surface area contributed by atoms with Crippen molar-refractivity contribution in [1.29, 1.82) is 0 Å². The van der Waals surface area contributed by atoms with Crippen LogP contribution in [0.3, 0.4) is 0 Å². The van der Waals surface area contributed by atoms with E-state index < -0.39 is 0 Å². The normalized spacial score (nSPS) is 23.1. The number of hydrogen-bond acceptors (Lipinski definition) is 7. The number of nitrogens with two attached hydrogens (primary N) is 1. The first kappa shape index (κ1) is 23.0. The molecular formula is C24H38N6O2. The first-order valence-electron chi connectivity index (χ1n) is 12.2. The third-order valence-electron chi connectivity index (χ3n) is 7.27. The molecule has 8 heteroatoms. The molecule has 0 saturated heterocycles. The molecule has 32 heavy (non-hydrogen) atoms. The molecule has 1 aromatic heterocycles. The van der Waals surface area contributed by atoms with E-state index in [0.29, 0.717) is 23.6 Å². The van der Waals surface area contributed by atoms with Crippen molar-refractivity contribution in [2.45, 2.75) is 69.9 Å². The summed E-state index contributed by atoms with van der Waals surface area (Å²) in [5.74, 6) is 3.59. The summed E-state index contributed by atoms with van der Waals surface area (Å²) in [5, 5.41) is 16.8. The van der Waals surface area contributed by atoms with Gasteiger partial charge in [0.15, 0.2) is 17.3 Å². The summed E-state index contributed by atoms with van der Waals surface area (Å²) in [7, 11) is 3.33. The smallest absolute Gasteiger partial charge is 0.173 e. The van der Waals surface area contributed by atoms with Gasteiger partial charge in [0.25, 0.3) is 0 Å². The van der Waals surface area contributed by atoms with Crippen LogP contribution in [0.1, 0.15) is 81.3 Å². The molecule has 176 valence electrons. The van der Waals surface area contributed by atoms with Gasteiger partial charge in [-0.05, 0) is 85.2 Å². The molecule has 0 amide bonds. The third-order valence-corrected chi connectivity index (χ3v) is 7.27. The second-order valence-electron chi connectivity index (χ2n) is 9.36. The average molecular weight is 443 g/mol. The van der Waals surface area contributed by atoms with Crippen LogP contribution in [0.5, 0.6) is 11.5 Å². The standard InChI is InChI=1S/C24H38N6O2/c1-31-21-12-11-19(14-22(21)32-2)23(26-16-18-8-6-7-17(13-18)15-25)24-27-28-29-30(24)20-9-4-3-5-10-20/h11-12,14,17-18,20,23,26H,3-10,13,15-16,25H2,1-2H3. The van der Waals surface area contributed by atoms with E-state index in [9.17, 15) is 0 Å². The first-order valence-corrected chi connectivity index (χ1v) is 12.2. The van der Waals surface area contributed by atoms with Gasteiger partial charge in [0.1, 0.15) is 0 Å². The Morgan fingerprint density at radius 3 is 2.56 bits per heavy atom. The highest BCUT2D eigenvalue weighted by atomic mass is 16.5. The minimum Gasteiger partial charge on any atom is -0.493 e. The van der Waals surface area contributed by atoms with Gasteiger partial charge in [-0.2, -0.15) is 0 Å². The van der Waals surface area contributed by atoms with E-state index in [-0.39, 0.29) is 6.04 Å². The van der Waals surface area contributed by atoms with Crippen LogP contribution < -0.4 is 20.5 Å². The van der Waals surface area contributed by atoms with Crippen LogP contribution in [0.25, 0.3) is 0 Å². The van der Waals surface area contributed by atoms with E-state index >= 15 is 0 Å². The molecule has 2 aliphatic carbocycles. The Labute approximate surface area is 191 Å². The quantitative estimate of drug-likeness (QED) is 0.611. The van der Waals surface area contributed by atoms with E-state index in [2.05, 4.69) is 31.6 Å². The summed E-state index contributed by atoms with van der Waals surface area (Å²) in [6.45, 7) is 1.71. The van der Waals surface area contributed by atoms with Gasteiger partial charge in [0, 0.05) is 0 Å². The third kappa shape index (κ3) is 5.23. The number of nitrogens with one attached hydrogen (secondary N) is 1. The number of rotatable bonds is 9. The summed E-state index contributed by atoms with van der Waals surface area (Å²) in [6.07, 6.45) is 11.0. The Bertz CT molecular complexity index is 851. The molecule has 8 nitrogen and oxygen atoms in total. The molecule has 1 heterocycles. The fourth-order valence-corrected chi connectivity index (χ4v) is 5.45. The van der Waals surface area contributed by atoms with E-state index in [0.717, 1.165) is 43.1 Å². The molecule has 0 bridgehead atoms. The van der Waals surface area contributed by atoms with Crippen molar-refractivity contribution in [3.05, 3.63) is 29.6 Å². The van der Waals surface area contributed by atoms with Crippen LogP contribution in [-0.4, -0.2) is 47.5 Å². The van der Waals surface area contributed by atoms with Crippen molar-refractivity contribution in [3.8, 4) is 11.5 Å². The van der Waals surface area contributed by atoms with Crippen molar-refractivity contribution < 1.29 is 9.47 Å². The summed E-state index contributed by atoms with van der Waals surface area (Å²) >= 11 is 0. The predicted molar refractivity (Wildman–Crippen MR) is 124 cm³/mol. The molecule has 3 unspecified atom stereocenters. The minimum atomic E-state index is -0.106. The van der Waals surface area contributed by atoms with Crippen molar-refractivity contribution in [2.75, 3.05) is 27.3 Å². The number of methoxy groups -OCH3 is 2. The summed E-state index contributed by atoms with van der Waals surface area (Å²) in [4.78, 5) is 0. The fraction of sp³-hybridized carbons (Fsp3) is 0.708. The molecule has 2 aromatic rings. The van der Waals surface area contributed by atoms with Gasteiger partial charge in [0.2, 0.25) is 0 Å². The van der Waals surface area contributed by atoms with E-state index in [1.54, 1.807) is 14.2 Å². The Hall–Kier alpha value is -2.19. The van der Waals surface area contributed by atoms with Crippen molar-refractivity contribution in [3.63, 3.8) is 0 Å². The maximum absolute atomic E-state index is 5.98. The van der Waals surface area contributed by atoms with Crippen LogP contribution in [0.15, 0.2) is 18.2 Å². The van der Waals surface area contributed by atoms with Crippen molar-refractivity contribution in [2.24, 2.45) is 17.6 Å². The molecule has 0 radical (unpaired) electrons. The number of tetrazole rings is 1. The monoisotopic (exact) mass is 442 g/mol. The van der Waals surface area contributed by atoms with Crippen LogP contribution in [-0.2, 0) is 0 Å². The van der Waals surface area contributed by atoms with Crippen LogP contribution in [0, 0.1) is 11.8 Å². The lowest BCUT2D eigenvalue weighted by molar-refractivity contribution is 0.256. The molecule has 1 aromatic carbocycles. The zero-order valence-corrected chi connectivity index (χ0v) is 19.5. The predicted octanol–water partition coefficient (Wildman–Crippen LogP) is 3.64. The summed E-state index contributed by atoms with van der Waals surface area (Å²) in [6, 6.07) is 6.35. The number of aromatic nitrogens is 4. The Balaban J connectivity index is 1.61. The largest absolute Gasteiger partial charge is 0.493 e. The Kier molecular flexibility index (Phi) is 7.97.